The maximum absolute atomic E-state index is 11.6. The number of sulfone groups is 1. The molecule has 2 aliphatic heterocycles. The molecule has 0 spiro atoms. The Kier molecular flexibility index (Phi) is 6.01. The zero-order valence-electron chi connectivity index (χ0n) is 15.5. The van der Waals surface area contributed by atoms with Crippen LogP contribution < -0.4 is 10.1 Å². The minimum atomic E-state index is -2.86. The molecule has 1 aromatic heterocycles. The van der Waals surface area contributed by atoms with E-state index in [4.69, 9.17) is 9.73 Å². The minimum absolute atomic E-state index is 0.0796. The first-order valence-electron chi connectivity index (χ1n) is 9.25. The number of nitrogens with zero attached hydrogens (tertiary/aromatic N) is 3. The molecule has 2 saturated heterocycles. The second-order valence-electron chi connectivity index (χ2n) is 7.37. The SMILES string of the molecule is CC(C)NC(=NCC1CCS(=O)(=O)C1)N1CCC(Oc2ccccn2)C1. The van der Waals surface area contributed by atoms with Crippen LogP contribution in [-0.2, 0) is 9.84 Å². The topological polar surface area (TPSA) is 83.9 Å². The average Bonchev–Trinajstić information content (AvgIpc) is 3.18. The van der Waals surface area contributed by atoms with E-state index in [0.717, 1.165) is 25.5 Å². The van der Waals surface area contributed by atoms with Crippen molar-refractivity contribution < 1.29 is 13.2 Å². The van der Waals surface area contributed by atoms with Crippen molar-refractivity contribution in [1.82, 2.24) is 15.2 Å². The molecule has 0 bridgehead atoms. The summed E-state index contributed by atoms with van der Waals surface area (Å²) in [5, 5.41) is 3.41. The van der Waals surface area contributed by atoms with Crippen LogP contribution in [0.4, 0.5) is 0 Å². The monoisotopic (exact) mass is 380 g/mol. The van der Waals surface area contributed by atoms with Crippen LogP contribution in [0.2, 0.25) is 0 Å². The predicted molar refractivity (Wildman–Crippen MR) is 102 cm³/mol. The first-order valence-corrected chi connectivity index (χ1v) is 11.1. The maximum atomic E-state index is 11.6. The number of nitrogens with one attached hydrogen (secondary N) is 1. The van der Waals surface area contributed by atoms with Gasteiger partial charge in [-0.15, -0.1) is 0 Å². The minimum Gasteiger partial charge on any atom is -0.472 e. The fourth-order valence-corrected chi connectivity index (χ4v) is 5.18. The molecule has 8 heteroatoms. The van der Waals surface area contributed by atoms with E-state index in [1.54, 1.807) is 6.20 Å². The van der Waals surface area contributed by atoms with Crippen molar-refractivity contribution in [2.45, 2.75) is 38.8 Å². The van der Waals surface area contributed by atoms with Gasteiger partial charge >= 0.3 is 0 Å². The summed E-state index contributed by atoms with van der Waals surface area (Å²) in [5.41, 5.74) is 0. The van der Waals surface area contributed by atoms with Crippen molar-refractivity contribution in [2.75, 3.05) is 31.1 Å². The first kappa shape index (κ1) is 18.9. The fraction of sp³-hybridized carbons (Fsp3) is 0.667. The van der Waals surface area contributed by atoms with Crippen LogP contribution in [0.25, 0.3) is 0 Å². The molecule has 2 unspecified atom stereocenters. The van der Waals surface area contributed by atoms with Gasteiger partial charge in [-0.3, -0.25) is 4.99 Å². The van der Waals surface area contributed by atoms with Crippen LogP contribution in [0.1, 0.15) is 26.7 Å². The van der Waals surface area contributed by atoms with E-state index < -0.39 is 9.84 Å². The van der Waals surface area contributed by atoms with Crippen molar-refractivity contribution in [3.8, 4) is 5.88 Å². The molecule has 3 rings (SSSR count). The van der Waals surface area contributed by atoms with E-state index in [-0.39, 0.29) is 23.8 Å². The number of guanidine groups is 1. The largest absolute Gasteiger partial charge is 0.472 e. The Morgan fingerprint density at radius 3 is 2.92 bits per heavy atom. The van der Waals surface area contributed by atoms with Crippen molar-refractivity contribution in [2.24, 2.45) is 10.9 Å². The van der Waals surface area contributed by atoms with E-state index in [1.165, 1.54) is 0 Å². The van der Waals surface area contributed by atoms with Gasteiger partial charge in [0.25, 0.3) is 0 Å². The number of ether oxygens (including phenoxy) is 1. The van der Waals surface area contributed by atoms with E-state index in [9.17, 15) is 8.42 Å². The van der Waals surface area contributed by atoms with Crippen LogP contribution >= 0.6 is 0 Å². The summed E-state index contributed by atoms with van der Waals surface area (Å²) in [6.45, 7) is 6.31. The summed E-state index contributed by atoms with van der Waals surface area (Å²) in [5.74, 6) is 2.18. The smallest absolute Gasteiger partial charge is 0.213 e. The Morgan fingerprint density at radius 2 is 2.27 bits per heavy atom. The van der Waals surface area contributed by atoms with Gasteiger partial charge in [0.15, 0.2) is 15.8 Å². The van der Waals surface area contributed by atoms with Crippen LogP contribution in [0.5, 0.6) is 5.88 Å². The van der Waals surface area contributed by atoms with Gasteiger partial charge in [-0.25, -0.2) is 13.4 Å². The molecular weight excluding hydrogens is 352 g/mol. The lowest BCUT2D eigenvalue weighted by Gasteiger charge is -2.24. The third kappa shape index (κ3) is 5.33. The zero-order valence-corrected chi connectivity index (χ0v) is 16.3. The van der Waals surface area contributed by atoms with Gasteiger partial charge in [-0.05, 0) is 32.3 Å². The Balaban J connectivity index is 1.60. The summed E-state index contributed by atoms with van der Waals surface area (Å²) in [7, 11) is -2.86. The van der Waals surface area contributed by atoms with Gasteiger partial charge < -0.3 is 15.0 Å². The van der Waals surface area contributed by atoms with E-state index in [1.807, 2.05) is 18.2 Å². The van der Waals surface area contributed by atoms with Crippen LogP contribution in [-0.4, -0.2) is 67.5 Å². The Bertz CT molecular complexity index is 721. The number of hydrogen-bond donors (Lipinski definition) is 1. The molecular formula is C18H28N4O3S. The quantitative estimate of drug-likeness (QED) is 0.613. The van der Waals surface area contributed by atoms with Crippen molar-refractivity contribution in [3.05, 3.63) is 24.4 Å². The standard InChI is InChI=1S/C18H28N4O3S/c1-14(2)21-18(20-11-15-7-10-26(23,24)13-15)22-9-6-16(12-22)25-17-5-3-4-8-19-17/h3-5,8,14-16H,6-7,9-13H2,1-2H3,(H,20,21). The number of aliphatic imine (C=N–C) groups is 1. The fourth-order valence-electron chi connectivity index (χ4n) is 3.33. The Morgan fingerprint density at radius 1 is 1.42 bits per heavy atom. The van der Waals surface area contributed by atoms with Gasteiger partial charge in [0.05, 0.1) is 18.1 Å². The molecule has 7 nitrogen and oxygen atoms in total. The van der Waals surface area contributed by atoms with Crippen LogP contribution in [0.3, 0.4) is 0 Å². The Hall–Kier alpha value is -1.83. The first-order chi connectivity index (χ1) is 12.4. The third-order valence-electron chi connectivity index (χ3n) is 4.61. The highest BCUT2D eigenvalue weighted by Gasteiger charge is 2.30. The summed E-state index contributed by atoms with van der Waals surface area (Å²) in [6.07, 6.45) is 3.43. The van der Waals surface area contributed by atoms with Gasteiger partial charge in [-0.1, -0.05) is 6.07 Å². The molecule has 0 aromatic carbocycles. The van der Waals surface area contributed by atoms with E-state index in [0.29, 0.717) is 24.6 Å². The lowest BCUT2D eigenvalue weighted by atomic mass is 10.1. The molecule has 144 valence electrons. The molecule has 1 N–H and O–H groups in total. The van der Waals surface area contributed by atoms with Crippen LogP contribution in [0, 0.1) is 5.92 Å². The number of pyridine rings is 1. The molecule has 2 atom stereocenters. The molecule has 0 amide bonds. The van der Waals surface area contributed by atoms with Gasteiger partial charge in [0.2, 0.25) is 5.88 Å². The molecule has 26 heavy (non-hydrogen) atoms. The van der Waals surface area contributed by atoms with Gasteiger partial charge in [-0.2, -0.15) is 0 Å². The molecule has 0 radical (unpaired) electrons. The lowest BCUT2D eigenvalue weighted by molar-refractivity contribution is 0.205. The van der Waals surface area contributed by atoms with Gasteiger partial charge in [0, 0.05) is 37.8 Å². The maximum Gasteiger partial charge on any atom is 0.213 e. The highest BCUT2D eigenvalue weighted by Crippen LogP contribution is 2.20. The van der Waals surface area contributed by atoms with Gasteiger partial charge in [0.1, 0.15) is 6.10 Å². The number of rotatable bonds is 5. The highest BCUT2D eigenvalue weighted by atomic mass is 32.2. The second kappa shape index (κ2) is 8.24. The predicted octanol–water partition coefficient (Wildman–Crippen LogP) is 1.32. The van der Waals surface area contributed by atoms with E-state index >= 15 is 0 Å². The second-order valence-corrected chi connectivity index (χ2v) is 9.60. The van der Waals surface area contributed by atoms with Crippen molar-refractivity contribution in [1.29, 1.82) is 0 Å². The average molecular weight is 381 g/mol. The summed E-state index contributed by atoms with van der Waals surface area (Å²) in [4.78, 5) is 11.1. The number of likely N-dealkylation sites (tertiary alicyclic amines) is 1. The molecule has 0 saturated carbocycles. The Labute approximate surface area is 155 Å². The molecule has 2 fully saturated rings. The molecule has 0 aliphatic carbocycles. The summed E-state index contributed by atoms with van der Waals surface area (Å²) in [6, 6.07) is 5.91. The third-order valence-corrected chi connectivity index (χ3v) is 6.45. The normalized spacial score (nSPS) is 25.7. The zero-order chi connectivity index (χ0) is 18.6. The van der Waals surface area contributed by atoms with E-state index in [2.05, 4.69) is 29.0 Å². The summed E-state index contributed by atoms with van der Waals surface area (Å²) < 4.78 is 29.2. The van der Waals surface area contributed by atoms with Crippen LogP contribution in [0.15, 0.2) is 29.4 Å². The van der Waals surface area contributed by atoms with Crippen molar-refractivity contribution >= 4 is 15.8 Å². The number of hydrogen-bond acceptors (Lipinski definition) is 5. The molecule has 1 aromatic rings. The molecule has 2 aliphatic rings. The lowest BCUT2D eigenvalue weighted by Crippen LogP contribution is -2.44. The van der Waals surface area contributed by atoms with Crippen molar-refractivity contribution in [3.63, 3.8) is 0 Å². The summed E-state index contributed by atoms with van der Waals surface area (Å²) >= 11 is 0. The highest BCUT2D eigenvalue weighted by molar-refractivity contribution is 7.91. The number of aromatic nitrogens is 1. The molecule has 3 heterocycles.